The fourth-order valence-corrected chi connectivity index (χ4v) is 2.22. The van der Waals surface area contributed by atoms with Gasteiger partial charge in [0.15, 0.2) is 0 Å². The molecule has 1 heterocycles. The first-order valence-electron chi connectivity index (χ1n) is 6.90. The molecule has 0 aliphatic carbocycles. The fourth-order valence-electron chi connectivity index (χ4n) is 2.22. The molecule has 0 bridgehead atoms. The van der Waals surface area contributed by atoms with Crippen LogP contribution >= 0.6 is 0 Å². The van der Waals surface area contributed by atoms with E-state index >= 15 is 0 Å². The maximum absolute atomic E-state index is 9.57. The van der Waals surface area contributed by atoms with E-state index in [-0.39, 0.29) is 0 Å². The number of ether oxygens (including phenoxy) is 1. The van der Waals surface area contributed by atoms with Crippen LogP contribution in [0.4, 0.5) is 0 Å². The minimum atomic E-state index is -0.523. The van der Waals surface area contributed by atoms with Gasteiger partial charge in [-0.2, -0.15) is 0 Å². The van der Waals surface area contributed by atoms with Crippen molar-refractivity contribution in [3.05, 3.63) is 53.2 Å². The summed E-state index contributed by atoms with van der Waals surface area (Å²) in [5.74, 6) is 1.77. The number of hydrogen-bond acceptors (Lipinski definition) is 3. The molecule has 0 aliphatic heterocycles. The number of aliphatic hydroxyl groups is 1. The van der Waals surface area contributed by atoms with Gasteiger partial charge in [0, 0.05) is 12.3 Å². The lowest BCUT2D eigenvalue weighted by Gasteiger charge is -2.12. The molecule has 2 rings (SSSR count). The van der Waals surface area contributed by atoms with E-state index in [9.17, 15) is 5.11 Å². The highest BCUT2D eigenvalue weighted by atomic mass is 16.5. The Morgan fingerprint density at radius 1 is 1.10 bits per heavy atom. The van der Waals surface area contributed by atoms with Gasteiger partial charge in [0.1, 0.15) is 5.75 Å². The van der Waals surface area contributed by atoms with Crippen LogP contribution in [0.15, 0.2) is 36.5 Å². The Labute approximate surface area is 120 Å². The van der Waals surface area contributed by atoms with Crippen molar-refractivity contribution in [1.82, 2.24) is 4.98 Å². The van der Waals surface area contributed by atoms with Crippen LogP contribution in [0.1, 0.15) is 49.5 Å². The van der Waals surface area contributed by atoms with E-state index in [1.807, 2.05) is 12.1 Å². The second kappa shape index (κ2) is 6.06. The third-order valence-corrected chi connectivity index (χ3v) is 3.33. The molecule has 3 nitrogen and oxygen atoms in total. The molecular weight excluding hydrogens is 250 g/mol. The molecule has 2 aromatic rings. The van der Waals surface area contributed by atoms with Gasteiger partial charge in [0.05, 0.1) is 6.10 Å². The van der Waals surface area contributed by atoms with Gasteiger partial charge in [-0.05, 0) is 54.7 Å². The average Bonchev–Trinajstić information content (AvgIpc) is 2.38. The topological polar surface area (TPSA) is 42.4 Å². The van der Waals surface area contributed by atoms with Crippen molar-refractivity contribution in [2.75, 3.05) is 0 Å². The summed E-state index contributed by atoms with van der Waals surface area (Å²) in [6, 6.07) is 9.61. The van der Waals surface area contributed by atoms with Crippen LogP contribution in [0.2, 0.25) is 0 Å². The van der Waals surface area contributed by atoms with Gasteiger partial charge in [-0.1, -0.05) is 19.9 Å². The highest BCUT2D eigenvalue weighted by Gasteiger charge is 2.07. The molecule has 0 unspecified atom stereocenters. The Morgan fingerprint density at radius 2 is 1.85 bits per heavy atom. The SMILES string of the molecule is Cc1cc(Oc2cc([C@H](C)O)ccn2)ccc1C(C)C. The van der Waals surface area contributed by atoms with Gasteiger partial charge in [-0.15, -0.1) is 0 Å². The minimum absolute atomic E-state index is 0.500. The van der Waals surface area contributed by atoms with Gasteiger partial charge in [0.25, 0.3) is 0 Å². The van der Waals surface area contributed by atoms with Crippen LogP contribution in [-0.4, -0.2) is 10.1 Å². The van der Waals surface area contributed by atoms with Crippen molar-refractivity contribution in [1.29, 1.82) is 0 Å². The fraction of sp³-hybridized carbons (Fsp3) is 0.353. The maximum atomic E-state index is 9.57. The van der Waals surface area contributed by atoms with E-state index in [4.69, 9.17) is 4.74 Å². The molecule has 1 aromatic carbocycles. The van der Waals surface area contributed by atoms with E-state index in [2.05, 4.69) is 31.8 Å². The predicted octanol–water partition coefficient (Wildman–Crippen LogP) is 4.36. The average molecular weight is 271 g/mol. The summed E-state index contributed by atoms with van der Waals surface area (Å²) in [6.07, 6.45) is 1.12. The first-order valence-corrected chi connectivity index (χ1v) is 6.90. The third-order valence-electron chi connectivity index (χ3n) is 3.33. The van der Waals surface area contributed by atoms with E-state index in [0.29, 0.717) is 11.8 Å². The minimum Gasteiger partial charge on any atom is -0.439 e. The molecule has 20 heavy (non-hydrogen) atoms. The highest BCUT2D eigenvalue weighted by Crippen LogP contribution is 2.27. The second-order valence-electron chi connectivity index (χ2n) is 5.38. The Balaban J connectivity index is 2.22. The van der Waals surface area contributed by atoms with Crippen molar-refractivity contribution in [3.63, 3.8) is 0 Å². The zero-order valence-corrected chi connectivity index (χ0v) is 12.4. The van der Waals surface area contributed by atoms with Gasteiger partial charge in [0.2, 0.25) is 5.88 Å². The summed E-state index contributed by atoms with van der Waals surface area (Å²) in [7, 11) is 0. The molecule has 0 fully saturated rings. The number of pyridine rings is 1. The van der Waals surface area contributed by atoms with Crippen molar-refractivity contribution >= 4 is 0 Å². The molecule has 1 atom stereocenters. The number of aromatic nitrogens is 1. The quantitative estimate of drug-likeness (QED) is 0.898. The Bertz CT molecular complexity index is 591. The molecule has 0 spiro atoms. The largest absolute Gasteiger partial charge is 0.439 e. The van der Waals surface area contributed by atoms with Crippen LogP contribution in [0.5, 0.6) is 11.6 Å². The lowest BCUT2D eigenvalue weighted by Crippen LogP contribution is -1.96. The van der Waals surface area contributed by atoms with Crippen LogP contribution in [0, 0.1) is 6.92 Å². The molecule has 0 saturated carbocycles. The summed E-state index contributed by atoms with van der Waals surface area (Å²) in [4.78, 5) is 4.17. The molecule has 0 radical (unpaired) electrons. The first kappa shape index (κ1) is 14.5. The standard InChI is InChI=1S/C17H21NO2/c1-11(2)16-6-5-15(9-12(16)3)20-17-10-14(13(4)19)7-8-18-17/h5-11,13,19H,1-4H3/t13-/m0/s1. The van der Waals surface area contributed by atoms with E-state index in [0.717, 1.165) is 11.3 Å². The summed E-state index contributed by atoms with van der Waals surface area (Å²) in [5.41, 5.74) is 3.33. The Kier molecular flexibility index (Phi) is 4.40. The van der Waals surface area contributed by atoms with Crippen LogP contribution in [0.3, 0.4) is 0 Å². The number of aliphatic hydroxyl groups excluding tert-OH is 1. The van der Waals surface area contributed by atoms with E-state index in [1.54, 1.807) is 25.3 Å². The van der Waals surface area contributed by atoms with Gasteiger partial charge in [-0.3, -0.25) is 0 Å². The molecule has 0 aliphatic rings. The maximum Gasteiger partial charge on any atom is 0.219 e. The lowest BCUT2D eigenvalue weighted by molar-refractivity contribution is 0.198. The van der Waals surface area contributed by atoms with Crippen molar-refractivity contribution in [2.24, 2.45) is 0 Å². The summed E-state index contributed by atoms with van der Waals surface area (Å²) < 4.78 is 5.76. The molecule has 0 saturated heterocycles. The van der Waals surface area contributed by atoms with Crippen molar-refractivity contribution in [3.8, 4) is 11.6 Å². The number of rotatable bonds is 4. The highest BCUT2D eigenvalue weighted by molar-refractivity contribution is 5.38. The first-order chi connectivity index (χ1) is 9.47. The van der Waals surface area contributed by atoms with Crippen LogP contribution in [-0.2, 0) is 0 Å². The van der Waals surface area contributed by atoms with E-state index in [1.165, 1.54) is 11.1 Å². The summed E-state index contributed by atoms with van der Waals surface area (Å²) in [6.45, 7) is 8.16. The molecule has 1 N–H and O–H groups in total. The zero-order valence-electron chi connectivity index (χ0n) is 12.4. The molecule has 0 amide bonds. The van der Waals surface area contributed by atoms with Crippen molar-refractivity contribution in [2.45, 2.75) is 39.7 Å². The number of benzene rings is 1. The Morgan fingerprint density at radius 3 is 2.45 bits per heavy atom. The number of hydrogen-bond donors (Lipinski definition) is 1. The van der Waals surface area contributed by atoms with Gasteiger partial charge >= 0.3 is 0 Å². The summed E-state index contributed by atoms with van der Waals surface area (Å²) in [5, 5.41) is 9.57. The van der Waals surface area contributed by atoms with E-state index < -0.39 is 6.10 Å². The molecular formula is C17H21NO2. The molecule has 1 aromatic heterocycles. The zero-order chi connectivity index (χ0) is 14.7. The van der Waals surface area contributed by atoms with Crippen molar-refractivity contribution < 1.29 is 9.84 Å². The smallest absolute Gasteiger partial charge is 0.219 e. The van der Waals surface area contributed by atoms with Crippen LogP contribution in [0.25, 0.3) is 0 Å². The van der Waals surface area contributed by atoms with Gasteiger partial charge < -0.3 is 9.84 Å². The number of aryl methyl sites for hydroxylation is 1. The second-order valence-corrected chi connectivity index (χ2v) is 5.38. The molecule has 3 heteroatoms. The lowest BCUT2D eigenvalue weighted by atomic mass is 9.98. The summed E-state index contributed by atoms with van der Waals surface area (Å²) >= 11 is 0. The predicted molar refractivity (Wildman–Crippen MR) is 80.2 cm³/mol. The normalized spacial score (nSPS) is 12.5. The Hall–Kier alpha value is -1.87. The monoisotopic (exact) mass is 271 g/mol. The van der Waals surface area contributed by atoms with Gasteiger partial charge in [-0.25, -0.2) is 4.98 Å². The number of nitrogens with zero attached hydrogens (tertiary/aromatic N) is 1. The third kappa shape index (κ3) is 3.36. The van der Waals surface area contributed by atoms with Crippen LogP contribution < -0.4 is 4.74 Å². The molecule has 106 valence electrons.